The van der Waals surface area contributed by atoms with Gasteiger partial charge >= 0.3 is 19.5 Å². The molecule has 1 aromatic heterocycles. The summed E-state index contributed by atoms with van der Waals surface area (Å²) in [7, 11) is 0. The van der Waals surface area contributed by atoms with E-state index < -0.39 is 0 Å². The molecule has 5 aromatic rings. The van der Waals surface area contributed by atoms with Gasteiger partial charge in [-0.2, -0.15) is 0 Å². The average Bonchev–Trinajstić information content (AvgIpc) is 4.16. The van der Waals surface area contributed by atoms with Gasteiger partial charge in [0.15, 0.2) is 0 Å². The molecule has 0 radical (unpaired) electrons. The maximum absolute atomic E-state index is 12.0. The minimum Gasteiger partial charge on any atom is -0.877 e. The van der Waals surface area contributed by atoms with Gasteiger partial charge in [0.1, 0.15) is 0 Å². The first-order valence-corrected chi connectivity index (χ1v) is 26.5. The van der Waals surface area contributed by atoms with Crippen molar-refractivity contribution in [1.82, 2.24) is 4.98 Å². The third-order valence-electron chi connectivity index (χ3n) is 14.8. The van der Waals surface area contributed by atoms with Gasteiger partial charge in [0.25, 0.3) is 0 Å². The summed E-state index contributed by atoms with van der Waals surface area (Å²) in [6.45, 7) is 41.2. The maximum atomic E-state index is 12.0. The molecule has 0 saturated carbocycles. The van der Waals surface area contributed by atoms with Crippen LogP contribution in [0.4, 0.5) is 0 Å². The summed E-state index contributed by atoms with van der Waals surface area (Å²) < 4.78 is 0. The number of hydrogen-bond acceptors (Lipinski definition) is 4. The molecule has 0 saturated heterocycles. The van der Waals surface area contributed by atoms with Crippen molar-refractivity contribution in [3.8, 4) is 0 Å². The molecule has 0 aliphatic carbocycles. The van der Waals surface area contributed by atoms with Crippen LogP contribution in [0.1, 0.15) is 186 Å². The Hall–Kier alpha value is -6.23. The number of aromatic nitrogens is 1. The Morgan fingerprint density at radius 3 is 0.933 bits per heavy atom. The number of rotatable bonds is 3. The summed E-state index contributed by atoms with van der Waals surface area (Å²) in [5.74, 6) is 0. The summed E-state index contributed by atoms with van der Waals surface area (Å²) in [6.07, 6.45) is 13.9. The van der Waals surface area contributed by atoms with E-state index in [4.69, 9.17) is 20.0 Å². The second-order valence-electron chi connectivity index (χ2n) is 27.0. The quantitative estimate of drug-likeness (QED) is 0.169. The van der Waals surface area contributed by atoms with Crippen molar-refractivity contribution in [3.05, 3.63) is 216 Å². The predicted molar refractivity (Wildman–Crippen MR) is 314 cm³/mol. The molecule has 6 heteroatoms. The topological polar surface area (TPSA) is 74.2 Å². The molecule has 4 aliphatic rings. The van der Waals surface area contributed by atoms with Crippen molar-refractivity contribution in [2.45, 2.75) is 157 Å². The van der Waals surface area contributed by atoms with Gasteiger partial charge in [-0.05, 0) is 141 Å². The molecule has 75 heavy (non-hydrogen) atoms. The van der Waals surface area contributed by atoms with E-state index in [1.165, 1.54) is 33.4 Å². The fourth-order valence-corrected chi connectivity index (χ4v) is 9.91. The van der Waals surface area contributed by atoms with Crippen molar-refractivity contribution in [2.75, 3.05) is 0 Å². The zero-order valence-corrected chi connectivity index (χ0v) is 51.1. The van der Waals surface area contributed by atoms with Crippen molar-refractivity contribution in [2.24, 2.45) is 15.0 Å². The van der Waals surface area contributed by atoms with Crippen LogP contribution in [0.5, 0.6) is 0 Å². The van der Waals surface area contributed by atoms with Gasteiger partial charge in [0, 0.05) is 11.1 Å². The summed E-state index contributed by atoms with van der Waals surface area (Å²) in [5.41, 5.74) is 20.3. The maximum Gasteiger partial charge on any atom is 2.00 e. The predicted octanol–water partition coefficient (Wildman–Crippen LogP) is 14.4. The van der Waals surface area contributed by atoms with Gasteiger partial charge in [-0.25, -0.2) is 15.0 Å². The first-order valence-electron chi connectivity index (χ1n) is 26.5. The molecular weight excluding hydrogens is 966 g/mol. The van der Waals surface area contributed by atoms with Gasteiger partial charge in [-0.1, -0.05) is 216 Å². The van der Waals surface area contributed by atoms with E-state index in [1.807, 2.05) is 24.3 Å². The Morgan fingerprint density at radius 2 is 0.627 bits per heavy atom. The minimum atomic E-state index is -0.122. The molecule has 0 N–H and O–H groups in total. The van der Waals surface area contributed by atoms with Crippen LogP contribution in [0.15, 0.2) is 160 Å². The van der Waals surface area contributed by atoms with E-state index in [1.54, 1.807) is 0 Å². The summed E-state index contributed by atoms with van der Waals surface area (Å²) in [4.78, 5) is 22.7. The van der Waals surface area contributed by atoms with Crippen LogP contribution in [0.3, 0.4) is 0 Å². The molecule has 0 spiro atoms. The van der Waals surface area contributed by atoms with E-state index in [0.29, 0.717) is 5.22 Å². The van der Waals surface area contributed by atoms with Crippen LogP contribution >= 0.6 is 0 Å². The van der Waals surface area contributed by atoms with Crippen molar-refractivity contribution in [1.29, 1.82) is 0 Å². The molecule has 8 bridgehead atoms. The first-order chi connectivity index (χ1) is 34.4. The fraction of sp³-hybridized carbons (Fsp3) is 0.348. The van der Waals surface area contributed by atoms with Crippen molar-refractivity contribution < 1.29 is 24.6 Å². The number of nitrogens with zero attached hydrogens (tertiary/aromatic N) is 4. The fourth-order valence-electron chi connectivity index (χ4n) is 9.91. The molecule has 4 aliphatic heterocycles. The number of hydrogen-bond donors (Lipinski definition) is 0. The standard InChI is InChI=1S/C69H77N4O.Zn/c1-64(2,3)46-31-43(32-47(37-46)65(4,5)6)61-54-25-23-52(70-54)60(42-21-19-41(40-74)20-22-42)53-24-26-55(71-53)62(44-33-48(66(7,8)9)38-49(34-44)67(10,11)12)57-28-30-59(73-57)63(58-29-27-56(61)72-58)45-35-50(68(13,14)15)39-51(36-45)69(16,17)18;/h19-40H,1-18H3,(H-,70,71,72,73,74);/q-1;+2/p-1. The SMILES string of the molecule is CC(C)(C)c1cc(C2=C3C=CC(=N3)C(c3cc(C(C)(C)C)cc(C(C)(C)C)c3)=C3C=CC(=N3)C(=c3ccc(=C[O-])cc3)c3ccc([n-]3)C(c3cc(C(C)(C)C)cc(C(C)(C)C)c3)=C3C=CC2=N3)cc(C(C)(C)C)c1.[Zn+2]. The van der Waals surface area contributed by atoms with E-state index in [2.05, 4.69) is 228 Å². The Balaban J connectivity index is 0.00000747. The van der Waals surface area contributed by atoms with E-state index in [-0.39, 0.29) is 52.0 Å². The molecule has 380 valence electrons. The van der Waals surface area contributed by atoms with Crippen LogP contribution in [-0.2, 0) is 52.0 Å². The van der Waals surface area contributed by atoms with E-state index in [9.17, 15) is 5.11 Å². The Bertz CT molecular complexity index is 3460. The van der Waals surface area contributed by atoms with Crippen LogP contribution in [0.2, 0.25) is 0 Å². The molecule has 4 aromatic carbocycles. The van der Waals surface area contributed by atoms with Crippen LogP contribution in [0, 0.1) is 0 Å². The van der Waals surface area contributed by atoms with E-state index >= 15 is 0 Å². The third-order valence-corrected chi connectivity index (χ3v) is 14.8. The number of aliphatic imine (C=N–C) groups is 3. The molecule has 0 amide bonds. The number of benzene rings is 4. The third kappa shape index (κ3) is 11.2. The zero-order chi connectivity index (χ0) is 53.7. The van der Waals surface area contributed by atoms with Gasteiger partial charge < -0.3 is 10.1 Å². The monoisotopic (exact) mass is 1040 g/mol. The minimum absolute atomic E-state index is 0. The Labute approximate surface area is 461 Å². The molecule has 5 heterocycles. The van der Waals surface area contributed by atoms with Crippen molar-refractivity contribution in [3.63, 3.8) is 0 Å². The average molecular weight is 1040 g/mol. The van der Waals surface area contributed by atoms with Crippen molar-refractivity contribution >= 4 is 45.7 Å². The van der Waals surface area contributed by atoms with Crippen LogP contribution in [-0.4, -0.2) is 17.1 Å². The Kier molecular flexibility index (Phi) is 14.2. The van der Waals surface area contributed by atoms with E-state index in [0.717, 1.165) is 96.1 Å². The molecule has 5 nitrogen and oxygen atoms in total. The molecule has 0 fully saturated rings. The second kappa shape index (κ2) is 19.4. The Morgan fingerprint density at radius 1 is 0.347 bits per heavy atom. The van der Waals surface area contributed by atoms with Gasteiger partial charge in [0.2, 0.25) is 0 Å². The second-order valence-corrected chi connectivity index (χ2v) is 27.0. The number of fused-ring (bicyclic) bond motifs is 5. The summed E-state index contributed by atoms with van der Waals surface area (Å²) in [6, 6.07) is 33.2. The van der Waals surface area contributed by atoms with Crippen LogP contribution in [0.25, 0.3) is 28.6 Å². The molecular formula is C69H76N4OZn. The van der Waals surface area contributed by atoms with Crippen LogP contribution < -0.4 is 20.5 Å². The largest absolute Gasteiger partial charge is 2.00 e. The normalized spacial score (nSPS) is 16.2. The molecule has 9 rings (SSSR count). The van der Waals surface area contributed by atoms with Gasteiger partial charge in [-0.3, -0.25) is 0 Å². The van der Waals surface area contributed by atoms with Gasteiger partial charge in [-0.15, -0.1) is 17.6 Å². The molecule has 0 unspecified atom stereocenters. The summed E-state index contributed by atoms with van der Waals surface area (Å²) in [5, 5.41) is 13.5. The van der Waals surface area contributed by atoms with Gasteiger partial charge in [0.05, 0.1) is 34.2 Å². The number of allylic oxidation sites excluding steroid dienone is 8. The first kappa shape index (κ1) is 55.0. The smallest absolute Gasteiger partial charge is 0.877 e. The summed E-state index contributed by atoms with van der Waals surface area (Å²) >= 11 is 0. The molecule has 0 atom stereocenters. The zero-order valence-electron chi connectivity index (χ0n) is 48.1.